The van der Waals surface area contributed by atoms with Crippen molar-refractivity contribution in [1.82, 2.24) is 4.98 Å². The highest BCUT2D eigenvalue weighted by Crippen LogP contribution is 2.43. The highest BCUT2D eigenvalue weighted by atomic mass is 19.4. The molecule has 1 aromatic heterocycles. The van der Waals surface area contributed by atoms with Gasteiger partial charge in [0.2, 0.25) is 0 Å². The van der Waals surface area contributed by atoms with Crippen LogP contribution in [0.1, 0.15) is 41.5 Å². The maximum Gasteiger partial charge on any atom is 0.416 e. The van der Waals surface area contributed by atoms with Gasteiger partial charge in [0.25, 0.3) is 0 Å². The third-order valence-electron chi connectivity index (χ3n) is 7.53. The maximum absolute atomic E-state index is 13.5. The summed E-state index contributed by atoms with van der Waals surface area (Å²) in [5, 5.41) is 2.28. The molecule has 0 saturated carbocycles. The Morgan fingerprint density at radius 2 is 1.59 bits per heavy atom. The van der Waals surface area contributed by atoms with Crippen molar-refractivity contribution >= 4 is 27.5 Å². The van der Waals surface area contributed by atoms with Gasteiger partial charge in [0.15, 0.2) is 0 Å². The van der Waals surface area contributed by atoms with Crippen molar-refractivity contribution in [2.45, 2.75) is 38.8 Å². The van der Waals surface area contributed by atoms with Crippen LogP contribution in [0.15, 0.2) is 78.9 Å². The molecule has 0 bridgehead atoms. The SMILES string of the molecule is Cc1ccc(-c2c(Cc3cccc(C(F)(F)F)c3)cc(N3CCCCC3)c3[nH]c4ccccc4c23)cc1. The fraction of sp³-hybridized carbons (Fsp3) is 0.250. The third kappa shape index (κ3) is 4.48. The van der Waals surface area contributed by atoms with Crippen LogP contribution < -0.4 is 4.90 Å². The molecule has 0 unspecified atom stereocenters. The molecule has 0 atom stereocenters. The lowest BCUT2D eigenvalue weighted by molar-refractivity contribution is -0.137. The van der Waals surface area contributed by atoms with Crippen molar-refractivity contribution < 1.29 is 13.2 Å². The van der Waals surface area contributed by atoms with Crippen LogP contribution in [0.5, 0.6) is 0 Å². The number of fused-ring (bicyclic) bond motifs is 3. The average molecular weight is 499 g/mol. The standard InChI is InChI=1S/C32H29F3N2/c1-21-12-14-23(15-13-21)29-24(18-22-8-7-9-25(19-22)32(33,34)35)20-28(37-16-5-2-6-17-37)31-30(29)26-10-3-4-11-27(26)36-31/h3-4,7-15,19-20,36H,2,5-6,16-18H2,1H3. The van der Waals surface area contributed by atoms with E-state index in [0.29, 0.717) is 12.0 Å². The molecule has 6 rings (SSSR count). The molecule has 1 N–H and O–H groups in total. The quantitative estimate of drug-likeness (QED) is 0.262. The van der Waals surface area contributed by atoms with Crippen molar-refractivity contribution in [3.8, 4) is 11.1 Å². The monoisotopic (exact) mass is 498 g/mol. The molecule has 1 fully saturated rings. The number of hydrogen-bond donors (Lipinski definition) is 1. The molecule has 0 spiro atoms. The smallest absolute Gasteiger partial charge is 0.370 e. The minimum Gasteiger partial charge on any atom is -0.370 e. The highest BCUT2D eigenvalue weighted by Gasteiger charge is 2.30. The Hall–Kier alpha value is -3.73. The summed E-state index contributed by atoms with van der Waals surface area (Å²) < 4.78 is 40.6. The molecule has 4 aromatic carbocycles. The highest BCUT2D eigenvalue weighted by molar-refractivity contribution is 6.18. The minimum absolute atomic E-state index is 0.420. The van der Waals surface area contributed by atoms with Gasteiger partial charge in [-0.2, -0.15) is 13.2 Å². The van der Waals surface area contributed by atoms with Gasteiger partial charge < -0.3 is 9.88 Å². The number of nitrogens with one attached hydrogen (secondary N) is 1. The Morgan fingerprint density at radius 3 is 2.35 bits per heavy atom. The Morgan fingerprint density at radius 1 is 0.838 bits per heavy atom. The van der Waals surface area contributed by atoms with Crippen LogP contribution in [0.2, 0.25) is 0 Å². The molecule has 1 aliphatic rings. The zero-order valence-corrected chi connectivity index (χ0v) is 20.8. The molecule has 0 radical (unpaired) electrons. The summed E-state index contributed by atoms with van der Waals surface area (Å²) in [5.41, 5.74) is 7.75. The van der Waals surface area contributed by atoms with Crippen molar-refractivity contribution in [3.63, 3.8) is 0 Å². The van der Waals surface area contributed by atoms with Crippen LogP contribution in [0.4, 0.5) is 18.9 Å². The number of aromatic amines is 1. The van der Waals surface area contributed by atoms with Crippen LogP contribution >= 0.6 is 0 Å². The van der Waals surface area contributed by atoms with Gasteiger partial charge in [-0.05, 0) is 73.1 Å². The van der Waals surface area contributed by atoms with E-state index in [1.807, 2.05) is 6.07 Å². The zero-order valence-electron chi connectivity index (χ0n) is 20.8. The van der Waals surface area contributed by atoms with Crippen molar-refractivity contribution in [2.24, 2.45) is 0 Å². The van der Waals surface area contributed by atoms with Gasteiger partial charge in [-0.3, -0.25) is 0 Å². The lowest BCUT2D eigenvalue weighted by Crippen LogP contribution is -2.29. The van der Waals surface area contributed by atoms with Crippen LogP contribution in [0, 0.1) is 6.92 Å². The predicted octanol–water partition coefficient (Wildman–Crippen LogP) is 8.90. The van der Waals surface area contributed by atoms with Crippen molar-refractivity contribution in [2.75, 3.05) is 18.0 Å². The first-order valence-electron chi connectivity index (χ1n) is 12.9. The van der Waals surface area contributed by atoms with Gasteiger partial charge in [-0.15, -0.1) is 0 Å². The second kappa shape index (κ2) is 9.29. The number of rotatable bonds is 4. The number of anilines is 1. The Bertz CT molecular complexity index is 1570. The van der Waals surface area contributed by atoms with Crippen LogP contribution in [0.3, 0.4) is 0 Å². The zero-order chi connectivity index (χ0) is 25.6. The first-order chi connectivity index (χ1) is 17.9. The van der Waals surface area contributed by atoms with Crippen molar-refractivity contribution in [3.05, 3.63) is 101 Å². The molecule has 5 heteroatoms. The molecule has 2 heterocycles. The number of halogens is 3. The molecular formula is C32H29F3N2. The Labute approximate surface area is 214 Å². The van der Waals surface area contributed by atoms with Gasteiger partial charge in [0.05, 0.1) is 16.8 Å². The van der Waals surface area contributed by atoms with Gasteiger partial charge in [0, 0.05) is 29.4 Å². The number of hydrogen-bond acceptors (Lipinski definition) is 1. The van der Waals surface area contributed by atoms with Crippen LogP contribution in [-0.4, -0.2) is 18.1 Å². The second-order valence-corrected chi connectivity index (χ2v) is 10.1. The largest absolute Gasteiger partial charge is 0.416 e. The van der Waals surface area contributed by atoms with Crippen molar-refractivity contribution in [1.29, 1.82) is 0 Å². The summed E-state index contributed by atoms with van der Waals surface area (Å²) in [6.07, 6.45) is -0.432. The van der Waals surface area contributed by atoms with Gasteiger partial charge in [-0.1, -0.05) is 66.2 Å². The summed E-state index contributed by atoms with van der Waals surface area (Å²) in [4.78, 5) is 6.14. The number of H-pyrrole nitrogens is 1. The molecule has 188 valence electrons. The number of aromatic nitrogens is 1. The van der Waals surface area contributed by atoms with Crippen LogP contribution in [-0.2, 0) is 12.6 Å². The first kappa shape index (κ1) is 23.7. The molecule has 37 heavy (non-hydrogen) atoms. The molecule has 1 aliphatic heterocycles. The van der Waals surface area contributed by atoms with E-state index in [1.165, 1.54) is 24.1 Å². The molecule has 0 aliphatic carbocycles. The van der Waals surface area contributed by atoms with E-state index in [-0.39, 0.29) is 0 Å². The van der Waals surface area contributed by atoms with E-state index in [9.17, 15) is 13.2 Å². The summed E-state index contributed by atoms with van der Waals surface area (Å²) >= 11 is 0. The molecule has 0 amide bonds. The Kier molecular flexibility index (Phi) is 5.94. The number of para-hydroxylation sites is 1. The van der Waals surface area contributed by atoms with E-state index >= 15 is 0 Å². The lowest BCUT2D eigenvalue weighted by Gasteiger charge is -2.30. The van der Waals surface area contributed by atoms with Gasteiger partial charge in [-0.25, -0.2) is 0 Å². The van der Waals surface area contributed by atoms with E-state index in [1.54, 1.807) is 6.07 Å². The predicted molar refractivity (Wildman–Crippen MR) is 146 cm³/mol. The number of alkyl halides is 3. The maximum atomic E-state index is 13.5. The normalized spacial score (nSPS) is 14.5. The van der Waals surface area contributed by atoms with E-state index in [0.717, 1.165) is 76.2 Å². The van der Waals surface area contributed by atoms with E-state index in [4.69, 9.17) is 0 Å². The third-order valence-corrected chi connectivity index (χ3v) is 7.53. The summed E-state index contributed by atoms with van der Waals surface area (Å²) in [7, 11) is 0. The van der Waals surface area contributed by atoms with Gasteiger partial charge >= 0.3 is 6.18 Å². The number of piperidine rings is 1. The van der Waals surface area contributed by atoms with Crippen LogP contribution in [0.25, 0.3) is 32.9 Å². The molecular weight excluding hydrogens is 469 g/mol. The fourth-order valence-electron chi connectivity index (χ4n) is 5.71. The summed E-state index contributed by atoms with van der Waals surface area (Å²) in [5.74, 6) is 0. The fourth-order valence-corrected chi connectivity index (χ4v) is 5.71. The topological polar surface area (TPSA) is 19.0 Å². The molecule has 2 nitrogen and oxygen atoms in total. The number of benzene rings is 4. The second-order valence-electron chi connectivity index (χ2n) is 10.1. The minimum atomic E-state index is -4.37. The average Bonchev–Trinajstić information content (AvgIpc) is 3.29. The summed E-state index contributed by atoms with van der Waals surface area (Å²) in [6.45, 7) is 4.03. The first-order valence-corrected chi connectivity index (χ1v) is 12.9. The number of aryl methyl sites for hydroxylation is 1. The lowest BCUT2D eigenvalue weighted by atomic mass is 9.89. The van der Waals surface area contributed by atoms with Gasteiger partial charge in [0.1, 0.15) is 0 Å². The molecule has 5 aromatic rings. The Balaban J connectivity index is 1.64. The van der Waals surface area contributed by atoms with E-state index < -0.39 is 11.7 Å². The summed E-state index contributed by atoms with van der Waals surface area (Å²) in [6, 6.07) is 24.7. The number of nitrogens with zero attached hydrogens (tertiary/aromatic N) is 1. The van der Waals surface area contributed by atoms with E-state index in [2.05, 4.69) is 65.3 Å². The molecule has 1 saturated heterocycles.